The Morgan fingerprint density at radius 1 is 1.05 bits per heavy atom. The first-order chi connectivity index (χ1) is 17.8. The van der Waals surface area contributed by atoms with Gasteiger partial charge in [0.05, 0.1) is 25.5 Å². The molecule has 1 aliphatic heterocycles. The number of amides is 2. The van der Waals surface area contributed by atoms with Crippen molar-refractivity contribution in [1.29, 1.82) is 0 Å². The van der Waals surface area contributed by atoms with Crippen LogP contribution in [0.4, 0.5) is 28.0 Å². The third-order valence-corrected chi connectivity index (χ3v) is 7.97. The maximum absolute atomic E-state index is 14.4. The molecule has 2 amide bonds. The molecular formula is C28H35F4N3O3. The molecule has 2 aromatic rings. The average molecular weight is 538 g/mol. The number of alkyl halides is 3. The number of hydrogen-bond donors (Lipinski definition) is 2. The molecule has 1 saturated carbocycles. The summed E-state index contributed by atoms with van der Waals surface area (Å²) in [6.07, 6.45) is -1.80. The van der Waals surface area contributed by atoms with Crippen LogP contribution in [0.3, 0.4) is 0 Å². The van der Waals surface area contributed by atoms with E-state index in [1.165, 1.54) is 0 Å². The Bertz CT molecular complexity index is 1180. The summed E-state index contributed by atoms with van der Waals surface area (Å²) in [6, 6.07) is 8.01. The Labute approximate surface area is 220 Å². The molecule has 1 heterocycles. The first-order valence-corrected chi connectivity index (χ1v) is 12.7. The van der Waals surface area contributed by atoms with Gasteiger partial charge in [0.15, 0.2) is 17.3 Å². The van der Waals surface area contributed by atoms with E-state index < -0.39 is 29.3 Å². The van der Waals surface area contributed by atoms with Crippen LogP contribution in [0.25, 0.3) is 0 Å². The van der Waals surface area contributed by atoms with Crippen LogP contribution in [0.5, 0.6) is 11.5 Å². The number of likely N-dealkylation sites (tertiary alicyclic amines) is 1. The highest BCUT2D eigenvalue weighted by molar-refractivity contribution is 5.89. The van der Waals surface area contributed by atoms with Crippen molar-refractivity contribution in [1.82, 2.24) is 10.2 Å². The third-order valence-electron chi connectivity index (χ3n) is 7.97. The van der Waals surface area contributed by atoms with Gasteiger partial charge in [-0.2, -0.15) is 13.2 Å². The molecule has 0 unspecified atom stereocenters. The van der Waals surface area contributed by atoms with Gasteiger partial charge in [0.2, 0.25) is 0 Å². The summed E-state index contributed by atoms with van der Waals surface area (Å²) in [5, 5.41) is 5.15. The number of hydrogen-bond acceptors (Lipinski definition) is 4. The Morgan fingerprint density at radius 3 is 2.39 bits per heavy atom. The van der Waals surface area contributed by atoms with E-state index in [0.717, 1.165) is 37.1 Å². The van der Waals surface area contributed by atoms with Crippen molar-refractivity contribution in [2.45, 2.75) is 75.7 Å². The minimum absolute atomic E-state index is 0.102. The van der Waals surface area contributed by atoms with Crippen molar-refractivity contribution in [2.24, 2.45) is 0 Å². The smallest absolute Gasteiger partial charge is 0.419 e. The predicted octanol–water partition coefficient (Wildman–Crippen LogP) is 6.35. The highest BCUT2D eigenvalue weighted by atomic mass is 19.4. The summed E-state index contributed by atoms with van der Waals surface area (Å²) in [5.74, 6) is -0.181. The maximum atomic E-state index is 14.4. The first kappa shape index (κ1) is 28.0. The third kappa shape index (κ3) is 5.28. The predicted molar refractivity (Wildman–Crippen MR) is 137 cm³/mol. The van der Waals surface area contributed by atoms with Crippen LogP contribution in [0, 0.1) is 5.82 Å². The van der Waals surface area contributed by atoms with Crippen molar-refractivity contribution in [3.05, 3.63) is 53.3 Å². The number of carbonyl (C=O) groups is 1. The Kier molecular flexibility index (Phi) is 7.58. The van der Waals surface area contributed by atoms with Gasteiger partial charge in [-0.25, -0.2) is 9.18 Å². The van der Waals surface area contributed by atoms with Gasteiger partial charge in [0.1, 0.15) is 0 Å². The zero-order chi connectivity index (χ0) is 27.9. The molecule has 0 aromatic heterocycles. The second-order valence-corrected chi connectivity index (χ2v) is 11.1. The standard InChI is InChI=1S/C28H35F4N3O3/c1-26(2,3)35-14-13-27(17-9-10-21(37-4)22(15-17)38-5)12-11-18(16-23(27)35)33-25(36)34-20-8-6-7-19(24(20)29)28(30,31)32/h6-10,15,18,23H,11-14,16H2,1-5H3,(H2,33,34,36)/t18-,23+,27-/m0/s1. The maximum Gasteiger partial charge on any atom is 0.419 e. The fraction of sp³-hybridized carbons (Fsp3) is 0.536. The largest absolute Gasteiger partial charge is 0.493 e. The zero-order valence-corrected chi connectivity index (χ0v) is 22.3. The van der Waals surface area contributed by atoms with E-state index in [1.807, 2.05) is 12.1 Å². The lowest BCUT2D eigenvalue weighted by Crippen LogP contribution is -2.56. The number of benzene rings is 2. The van der Waals surface area contributed by atoms with Crippen LogP contribution >= 0.6 is 0 Å². The summed E-state index contributed by atoms with van der Waals surface area (Å²) in [7, 11) is 3.21. The van der Waals surface area contributed by atoms with Gasteiger partial charge in [-0.3, -0.25) is 4.90 Å². The number of nitrogens with one attached hydrogen (secondary N) is 2. The van der Waals surface area contributed by atoms with Crippen molar-refractivity contribution >= 4 is 11.7 Å². The minimum Gasteiger partial charge on any atom is -0.493 e. The van der Waals surface area contributed by atoms with Crippen molar-refractivity contribution in [3.8, 4) is 11.5 Å². The van der Waals surface area contributed by atoms with Crippen molar-refractivity contribution in [3.63, 3.8) is 0 Å². The summed E-state index contributed by atoms with van der Waals surface area (Å²) in [4.78, 5) is 15.2. The van der Waals surface area contributed by atoms with E-state index in [1.54, 1.807) is 14.2 Å². The van der Waals surface area contributed by atoms with Gasteiger partial charge in [-0.1, -0.05) is 12.1 Å². The number of fused-ring (bicyclic) bond motifs is 1. The van der Waals surface area contributed by atoms with Crippen LogP contribution in [0.15, 0.2) is 36.4 Å². The lowest BCUT2D eigenvalue weighted by Gasteiger charge is -2.48. The number of carbonyl (C=O) groups excluding carboxylic acids is 1. The highest BCUT2D eigenvalue weighted by Gasteiger charge is 2.54. The number of ether oxygens (including phenoxy) is 2. The first-order valence-electron chi connectivity index (χ1n) is 12.7. The summed E-state index contributed by atoms with van der Waals surface area (Å²) >= 11 is 0. The van der Waals surface area contributed by atoms with Gasteiger partial charge < -0.3 is 20.1 Å². The molecule has 2 N–H and O–H groups in total. The van der Waals surface area contributed by atoms with Gasteiger partial charge in [0, 0.05) is 23.0 Å². The number of methoxy groups -OCH3 is 2. The van der Waals surface area contributed by atoms with E-state index in [-0.39, 0.29) is 23.0 Å². The molecule has 2 fully saturated rings. The molecule has 6 nitrogen and oxygen atoms in total. The summed E-state index contributed by atoms with van der Waals surface area (Å²) in [5.41, 5.74) is -1.05. The minimum atomic E-state index is -4.85. The van der Waals surface area contributed by atoms with E-state index in [4.69, 9.17) is 9.47 Å². The fourth-order valence-electron chi connectivity index (χ4n) is 6.16. The molecule has 0 bridgehead atoms. The van der Waals surface area contributed by atoms with E-state index in [9.17, 15) is 22.4 Å². The van der Waals surface area contributed by atoms with E-state index in [2.05, 4.69) is 42.4 Å². The molecule has 1 aliphatic carbocycles. The SMILES string of the molecule is COc1ccc([C@@]23CC[C@H](NC(=O)Nc4cccc(C(F)(F)F)c4F)C[C@H]2N(C(C)(C)C)CC3)cc1OC. The van der Waals surface area contributed by atoms with Gasteiger partial charge >= 0.3 is 12.2 Å². The molecule has 0 spiro atoms. The molecule has 10 heteroatoms. The molecular weight excluding hydrogens is 502 g/mol. The number of rotatable bonds is 5. The lowest BCUT2D eigenvalue weighted by atomic mass is 9.64. The molecule has 208 valence electrons. The molecule has 3 atom stereocenters. The summed E-state index contributed by atoms with van der Waals surface area (Å²) < 4.78 is 64.7. The van der Waals surface area contributed by atoms with Crippen LogP contribution in [-0.2, 0) is 11.6 Å². The molecule has 4 rings (SSSR count). The van der Waals surface area contributed by atoms with Gasteiger partial charge in [0.25, 0.3) is 0 Å². The molecule has 2 aromatic carbocycles. The Morgan fingerprint density at radius 2 is 1.76 bits per heavy atom. The molecule has 38 heavy (non-hydrogen) atoms. The zero-order valence-electron chi connectivity index (χ0n) is 22.3. The van der Waals surface area contributed by atoms with Crippen molar-refractivity contribution in [2.75, 3.05) is 26.1 Å². The van der Waals surface area contributed by atoms with Crippen LogP contribution in [0.1, 0.15) is 57.6 Å². The van der Waals surface area contributed by atoms with E-state index in [0.29, 0.717) is 30.4 Å². The van der Waals surface area contributed by atoms with Crippen LogP contribution in [-0.4, -0.2) is 49.3 Å². The van der Waals surface area contributed by atoms with Gasteiger partial charge in [-0.05, 0) is 82.8 Å². The number of urea groups is 1. The number of halogens is 4. The quantitative estimate of drug-likeness (QED) is 0.437. The normalized spacial score (nSPS) is 24.0. The number of anilines is 1. The number of nitrogens with zero attached hydrogens (tertiary/aromatic N) is 1. The Hall–Kier alpha value is -3.01. The summed E-state index contributed by atoms with van der Waals surface area (Å²) in [6.45, 7) is 7.38. The van der Waals surface area contributed by atoms with Gasteiger partial charge in [-0.15, -0.1) is 0 Å². The second kappa shape index (κ2) is 10.3. The van der Waals surface area contributed by atoms with Crippen LogP contribution < -0.4 is 20.1 Å². The van der Waals surface area contributed by atoms with E-state index >= 15 is 0 Å². The van der Waals surface area contributed by atoms with Crippen molar-refractivity contribution < 1.29 is 31.8 Å². The second-order valence-electron chi connectivity index (χ2n) is 11.1. The average Bonchev–Trinajstić information content (AvgIpc) is 3.24. The topological polar surface area (TPSA) is 62.8 Å². The Balaban J connectivity index is 1.56. The highest BCUT2D eigenvalue weighted by Crippen LogP contribution is 2.52. The fourth-order valence-corrected chi connectivity index (χ4v) is 6.16. The van der Waals surface area contributed by atoms with Crippen LogP contribution in [0.2, 0.25) is 0 Å². The molecule has 0 radical (unpaired) electrons. The monoisotopic (exact) mass is 537 g/mol. The lowest BCUT2D eigenvalue weighted by molar-refractivity contribution is -0.139. The molecule has 1 saturated heterocycles. The molecule has 2 aliphatic rings.